The number of halogens is 1. The molecule has 0 unspecified atom stereocenters. The average Bonchev–Trinajstić information content (AvgIpc) is 1.82. The maximum Gasteiger partial charge on any atom is 0.262 e. The van der Waals surface area contributed by atoms with E-state index in [4.69, 9.17) is 0 Å². The van der Waals surface area contributed by atoms with Crippen molar-refractivity contribution in [2.24, 2.45) is 0 Å². The van der Waals surface area contributed by atoms with E-state index in [2.05, 4.69) is 13.2 Å². The van der Waals surface area contributed by atoms with Gasteiger partial charge in [0.1, 0.15) is 5.83 Å². The zero-order valence-corrected chi connectivity index (χ0v) is 5.21. The summed E-state index contributed by atoms with van der Waals surface area (Å²) in [5, 5.41) is 9.81. The molecule has 0 aromatic heterocycles. The van der Waals surface area contributed by atoms with E-state index < -0.39 is 10.8 Å². The standard InChI is InChI=1S/C6H6FNO2/c1-5(7)3-4-6(2)8(9)10/h3-4H,1-2H2/b4-3-. The Morgan fingerprint density at radius 1 is 1.50 bits per heavy atom. The topological polar surface area (TPSA) is 43.1 Å². The molecule has 0 rings (SSSR count). The first-order valence-corrected chi connectivity index (χ1v) is 2.40. The van der Waals surface area contributed by atoms with Crippen LogP contribution in [-0.2, 0) is 0 Å². The highest BCUT2D eigenvalue weighted by molar-refractivity contribution is 5.15. The molecule has 0 N–H and O–H groups in total. The lowest BCUT2D eigenvalue weighted by Crippen LogP contribution is -1.91. The molecular formula is C6H6FNO2. The van der Waals surface area contributed by atoms with Gasteiger partial charge in [0, 0.05) is 6.08 Å². The van der Waals surface area contributed by atoms with Gasteiger partial charge < -0.3 is 0 Å². The Balaban J connectivity index is 4.03. The van der Waals surface area contributed by atoms with E-state index in [1.165, 1.54) is 0 Å². The van der Waals surface area contributed by atoms with Gasteiger partial charge in [-0.3, -0.25) is 10.1 Å². The minimum Gasteiger partial charge on any atom is -0.258 e. The first kappa shape index (κ1) is 8.55. The second-order valence-electron chi connectivity index (χ2n) is 1.53. The van der Waals surface area contributed by atoms with Crippen LogP contribution in [-0.4, -0.2) is 4.92 Å². The van der Waals surface area contributed by atoms with Gasteiger partial charge in [0.2, 0.25) is 0 Å². The third-order valence-corrected chi connectivity index (χ3v) is 0.691. The van der Waals surface area contributed by atoms with Crippen LogP contribution in [0.4, 0.5) is 4.39 Å². The van der Waals surface area contributed by atoms with Crippen molar-refractivity contribution in [3.8, 4) is 0 Å². The van der Waals surface area contributed by atoms with E-state index in [0.717, 1.165) is 12.2 Å². The molecule has 0 aliphatic carbocycles. The molecule has 0 heterocycles. The fourth-order valence-corrected chi connectivity index (χ4v) is 0.247. The van der Waals surface area contributed by atoms with Gasteiger partial charge in [-0.25, -0.2) is 4.39 Å². The summed E-state index contributed by atoms with van der Waals surface area (Å²) in [6, 6.07) is 0. The number of nitro groups is 1. The zero-order valence-electron chi connectivity index (χ0n) is 5.21. The first-order chi connectivity index (χ1) is 4.54. The molecule has 4 heteroatoms. The van der Waals surface area contributed by atoms with Crippen LogP contribution in [0.2, 0.25) is 0 Å². The average molecular weight is 143 g/mol. The van der Waals surface area contributed by atoms with Crippen LogP contribution >= 0.6 is 0 Å². The summed E-state index contributed by atoms with van der Waals surface area (Å²) >= 11 is 0. The predicted octanol–water partition coefficient (Wildman–Crippen LogP) is 1.82. The minimum absolute atomic E-state index is 0.362. The molecule has 0 radical (unpaired) electrons. The highest BCUT2D eigenvalue weighted by Gasteiger charge is 1.98. The van der Waals surface area contributed by atoms with Crippen LogP contribution in [0.3, 0.4) is 0 Å². The lowest BCUT2D eigenvalue weighted by molar-refractivity contribution is -0.418. The monoisotopic (exact) mass is 143 g/mol. The summed E-state index contributed by atoms with van der Waals surface area (Å²) < 4.78 is 11.8. The van der Waals surface area contributed by atoms with Crippen molar-refractivity contribution in [3.05, 3.63) is 46.9 Å². The molecular weight excluding hydrogens is 137 g/mol. The Morgan fingerprint density at radius 3 is 2.30 bits per heavy atom. The van der Waals surface area contributed by atoms with Crippen molar-refractivity contribution in [2.75, 3.05) is 0 Å². The molecule has 0 aliphatic rings. The molecule has 10 heavy (non-hydrogen) atoms. The number of allylic oxidation sites excluding steroid dienone is 3. The smallest absolute Gasteiger partial charge is 0.258 e. The number of rotatable bonds is 3. The molecule has 0 atom stereocenters. The molecule has 0 aliphatic heterocycles. The molecule has 3 nitrogen and oxygen atoms in total. The number of nitrogens with zero attached hydrogens (tertiary/aromatic N) is 1. The Bertz CT molecular complexity index is 208. The Morgan fingerprint density at radius 2 is 2.00 bits per heavy atom. The Kier molecular flexibility index (Phi) is 3.04. The third kappa shape index (κ3) is 3.54. The van der Waals surface area contributed by atoms with Crippen molar-refractivity contribution >= 4 is 0 Å². The quantitative estimate of drug-likeness (QED) is 0.343. The van der Waals surface area contributed by atoms with Gasteiger partial charge in [-0.05, 0) is 12.7 Å². The highest BCUT2D eigenvalue weighted by atomic mass is 19.1. The van der Waals surface area contributed by atoms with Gasteiger partial charge >= 0.3 is 0 Å². The van der Waals surface area contributed by atoms with Crippen LogP contribution in [0, 0.1) is 10.1 Å². The third-order valence-electron chi connectivity index (χ3n) is 0.691. The SMILES string of the molecule is C=C(F)/C=C\C(=C)[N+](=O)[O-]. The fourth-order valence-electron chi connectivity index (χ4n) is 0.247. The zero-order chi connectivity index (χ0) is 8.15. The van der Waals surface area contributed by atoms with Crippen molar-refractivity contribution < 1.29 is 9.31 Å². The van der Waals surface area contributed by atoms with Crippen LogP contribution in [0.5, 0.6) is 0 Å². The van der Waals surface area contributed by atoms with E-state index in [-0.39, 0.29) is 5.70 Å². The van der Waals surface area contributed by atoms with E-state index in [9.17, 15) is 14.5 Å². The lowest BCUT2D eigenvalue weighted by Gasteiger charge is -1.84. The van der Waals surface area contributed by atoms with Crippen molar-refractivity contribution in [1.82, 2.24) is 0 Å². The fraction of sp³-hybridized carbons (Fsp3) is 0. The molecule has 0 saturated carbocycles. The molecule has 54 valence electrons. The van der Waals surface area contributed by atoms with Crippen LogP contribution in [0.25, 0.3) is 0 Å². The predicted molar refractivity (Wildman–Crippen MR) is 35.5 cm³/mol. The lowest BCUT2D eigenvalue weighted by atomic mass is 10.4. The number of hydrogen-bond acceptors (Lipinski definition) is 2. The summed E-state index contributed by atoms with van der Waals surface area (Å²) in [7, 11) is 0. The largest absolute Gasteiger partial charge is 0.262 e. The van der Waals surface area contributed by atoms with E-state index in [1.54, 1.807) is 0 Å². The maximum absolute atomic E-state index is 11.8. The molecule has 0 aromatic rings. The van der Waals surface area contributed by atoms with Gasteiger partial charge in [0.05, 0.1) is 4.92 Å². The van der Waals surface area contributed by atoms with Gasteiger partial charge in [0.25, 0.3) is 5.70 Å². The van der Waals surface area contributed by atoms with Crippen molar-refractivity contribution in [2.45, 2.75) is 0 Å². The first-order valence-electron chi connectivity index (χ1n) is 2.40. The molecule has 0 spiro atoms. The van der Waals surface area contributed by atoms with E-state index in [0.29, 0.717) is 0 Å². The summed E-state index contributed by atoms with van der Waals surface area (Å²) in [4.78, 5) is 9.11. The summed E-state index contributed by atoms with van der Waals surface area (Å²) in [5.74, 6) is -0.733. The molecule has 0 aromatic carbocycles. The van der Waals surface area contributed by atoms with Gasteiger partial charge in [-0.1, -0.05) is 6.58 Å². The van der Waals surface area contributed by atoms with Crippen molar-refractivity contribution in [1.29, 1.82) is 0 Å². The summed E-state index contributed by atoms with van der Waals surface area (Å²) in [6.45, 7) is 5.90. The Labute approximate surface area is 57.3 Å². The second-order valence-corrected chi connectivity index (χ2v) is 1.53. The summed E-state index contributed by atoms with van der Waals surface area (Å²) in [6.07, 6.45) is 1.83. The maximum atomic E-state index is 11.8. The van der Waals surface area contributed by atoms with E-state index in [1.807, 2.05) is 0 Å². The van der Waals surface area contributed by atoms with E-state index >= 15 is 0 Å². The highest BCUT2D eigenvalue weighted by Crippen LogP contribution is 1.98. The van der Waals surface area contributed by atoms with Crippen molar-refractivity contribution in [3.63, 3.8) is 0 Å². The molecule has 0 amide bonds. The molecule has 0 fully saturated rings. The number of hydrogen-bond donors (Lipinski definition) is 0. The molecule has 0 saturated heterocycles. The van der Waals surface area contributed by atoms with Crippen LogP contribution in [0.15, 0.2) is 36.8 Å². The van der Waals surface area contributed by atoms with Crippen LogP contribution in [0.1, 0.15) is 0 Å². The van der Waals surface area contributed by atoms with Crippen LogP contribution < -0.4 is 0 Å². The summed E-state index contributed by atoms with van der Waals surface area (Å²) in [5.41, 5.74) is -0.362. The van der Waals surface area contributed by atoms with Gasteiger partial charge in [-0.2, -0.15) is 0 Å². The molecule has 0 bridgehead atoms. The second kappa shape index (κ2) is 3.55. The normalized spacial score (nSPS) is 9.70. The minimum atomic E-state index is -0.733. The van der Waals surface area contributed by atoms with Gasteiger partial charge in [-0.15, -0.1) is 0 Å². The van der Waals surface area contributed by atoms with Gasteiger partial charge in [0.15, 0.2) is 0 Å². The Hall–Kier alpha value is -1.45.